The first kappa shape index (κ1) is 12.2. The maximum absolute atomic E-state index is 5.58. The van der Waals surface area contributed by atoms with Crippen molar-refractivity contribution < 1.29 is 9.15 Å². The third-order valence-corrected chi connectivity index (χ3v) is 2.35. The molecule has 0 radical (unpaired) electrons. The molecule has 0 atom stereocenters. The van der Waals surface area contributed by atoms with Gasteiger partial charge in [-0.05, 0) is 26.8 Å². The van der Waals surface area contributed by atoms with E-state index in [1.165, 1.54) is 0 Å². The maximum atomic E-state index is 5.58. The second-order valence-corrected chi connectivity index (χ2v) is 4.25. The van der Waals surface area contributed by atoms with Crippen molar-refractivity contribution in [1.29, 1.82) is 0 Å². The molecule has 0 fully saturated rings. The summed E-state index contributed by atoms with van der Waals surface area (Å²) >= 11 is 0. The van der Waals surface area contributed by atoms with Crippen LogP contribution in [0.25, 0.3) is 0 Å². The summed E-state index contributed by atoms with van der Waals surface area (Å²) in [7, 11) is 1.70. The summed E-state index contributed by atoms with van der Waals surface area (Å²) in [5, 5.41) is 0. The van der Waals surface area contributed by atoms with Crippen LogP contribution in [-0.4, -0.2) is 24.2 Å². The number of rotatable bonds is 6. The van der Waals surface area contributed by atoms with E-state index in [-0.39, 0.29) is 5.60 Å². The lowest BCUT2D eigenvalue weighted by Gasteiger charge is -2.20. The van der Waals surface area contributed by atoms with Gasteiger partial charge in [0.1, 0.15) is 5.76 Å². The van der Waals surface area contributed by atoms with Gasteiger partial charge in [-0.2, -0.15) is 0 Å². The first-order chi connectivity index (χ1) is 7.07. The van der Waals surface area contributed by atoms with E-state index in [2.05, 4.69) is 4.98 Å². The molecule has 2 N–H and O–H groups in total. The minimum atomic E-state index is -0.204. The van der Waals surface area contributed by atoms with E-state index in [9.17, 15) is 0 Å². The van der Waals surface area contributed by atoms with E-state index in [1.807, 2.05) is 13.8 Å². The topological polar surface area (TPSA) is 61.3 Å². The second kappa shape index (κ2) is 5.28. The summed E-state index contributed by atoms with van der Waals surface area (Å²) in [4.78, 5) is 4.19. The SMILES string of the molecule is COC(C)(C)Cc1cnc(CCCN)o1. The molecular formula is C11H20N2O2. The van der Waals surface area contributed by atoms with Crippen LogP contribution in [0.15, 0.2) is 10.6 Å². The Morgan fingerprint density at radius 1 is 1.53 bits per heavy atom. The Morgan fingerprint density at radius 2 is 2.27 bits per heavy atom. The number of methoxy groups -OCH3 is 1. The fraction of sp³-hybridized carbons (Fsp3) is 0.727. The molecule has 86 valence electrons. The fourth-order valence-corrected chi connectivity index (χ4v) is 1.29. The molecule has 0 bridgehead atoms. The molecule has 0 aliphatic rings. The maximum Gasteiger partial charge on any atom is 0.194 e. The molecular weight excluding hydrogens is 192 g/mol. The lowest BCUT2D eigenvalue weighted by Crippen LogP contribution is -2.25. The van der Waals surface area contributed by atoms with Crippen LogP contribution in [0.1, 0.15) is 31.9 Å². The number of ether oxygens (including phenoxy) is 1. The Labute approximate surface area is 90.8 Å². The molecule has 0 spiro atoms. The van der Waals surface area contributed by atoms with Gasteiger partial charge in [0.2, 0.25) is 0 Å². The van der Waals surface area contributed by atoms with Gasteiger partial charge in [-0.15, -0.1) is 0 Å². The van der Waals surface area contributed by atoms with Crippen LogP contribution in [0.5, 0.6) is 0 Å². The van der Waals surface area contributed by atoms with E-state index in [0.29, 0.717) is 6.54 Å². The number of aryl methyl sites for hydroxylation is 1. The third kappa shape index (κ3) is 4.01. The van der Waals surface area contributed by atoms with E-state index >= 15 is 0 Å². The highest BCUT2D eigenvalue weighted by molar-refractivity contribution is 4.98. The Balaban J connectivity index is 2.52. The van der Waals surface area contributed by atoms with Crippen LogP contribution in [0, 0.1) is 0 Å². The summed E-state index contributed by atoms with van der Waals surface area (Å²) in [5.41, 5.74) is 5.21. The largest absolute Gasteiger partial charge is 0.446 e. The molecule has 0 saturated heterocycles. The minimum Gasteiger partial charge on any atom is -0.446 e. The van der Waals surface area contributed by atoms with Crippen molar-refractivity contribution in [2.24, 2.45) is 5.73 Å². The summed E-state index contributed by atoms with van der Waals surface area (Å²) in [6.07, 6.45) is 4.23. The predicted molar refractivity (Wildman–Crippen MR) is 58.7 cm³/mol. The number of aromatic nitrogens is 1. The molecule has 0 saturated carbocycles. The van der Waals surface area contributed by atoms with Gasteiger partial charge in [0.05, 0.1) is 11.8 Å². The van der Waals surface area contributed by atoms with E-state index in [4.69, 9.17) is 14.9 Å². The predicted octanol–water partition coefficient (Wildman–Crippen LogP) is 1.53. The second-order valence-electron chi connectivity index (χ2n) is 4.25. The molecule has 0 aliphatic carbocycles. The molecule has 0 aliphatic heterocycles. The van der Waals surface area contributed by atoms with Crippen molar-refractivity contribution >= 4 is 0 Å². The van der Waals surface area contributed by atoms with Gasteiger partial charge in [0.15, 0.2) is 5.89 Å². The molecule has 15 heavy (non-hydrogen) atoms. The molecule has 1 rings (SSSR count). The van der Waals surface area contributed by atoms with Crippen LogP contribution in [0.2, 0.25) is 0 Å². The molecule has 1 aromatic rings. The smallest absolute Gasteiger partial charge is 0.194 e. The van der Waals surface area contributed by atoms with Crippen molar-refractivity contribution in [1.82, 2.24) is 4.98 Å². The zero-order chi connectivity index (χ0) is 11.3. The molecule has 4 heteroatoms. The summed E-state index contributed by atoms with van der Waals surface area (Å²) in [6, 6.07) is 0. The molecule has 0 amide bonds. The monoisotopic (exact) mass is 212 g/mol. The van der Waals surface area contributed by atoms with Gasteiger partial charge >= 0.3 is 0 Å². The summed E-state index contributed by atoms with van der Waals surface area (Å²) in [6.45, 7) is 4.71. The van der Waals surface area contributed by atoms with Crippen molar-refractivity contribution in [3.05, 3.63) is 17.8 Å². The Bertz CT molecular complexity index is 295. The molecule has 1 aromatic heterocycles. The average Bonchev–Trinajstić information content (AvgIpc) is 2.62. The standard InChI is InChI=1S/C11H20N2O2/c1-11(2,14-3)7-9-8-13-10(15-9)5-4-6-12/h8H,4-7,12H2,1-3H3. The Kier molecular flexibility index (Phi) is 4.29. The van der Waals surface area contributed by atoms with Crippen molar-refractivity contribution in [2.75, 3.05) is 13.7 Å². The van der Waals surface area contributed by atoms with Crippen molar-refractivity contribution in [3.63, 3.8) is 0 Å². The zero-order valence-electron chi connectivity index (χ0n) is 9.75. The van der Waals surface area contributed by atoms with Crippen LogP contribution >= 0.6 is 0 Å². The van der Waals surface area contributed by atoms with Gasteiger partial charge in [-0.1, -0.05) is 0 Å². The van der Waals surface area contributed by atoms with Gasteiger partial charge in [-0.3, -0.25) is 0 Å². The molecule has 4 nitrogen and oxygen atoms in total. The fourth-order valence-electron chi connectivity index (χ4n) is 1.29. The Hall–Kier alpha value is -0.870. The van der Waals surface area contributed by atoms with E-state index in [0.717, 1.165) is 30.9 Å². The first-order valence-electron chi connectivity index (χ1n) is 5.26. The third-order valence-electron chi connectivity index (χ3n) is 2.35. The van der Waals surface area contributed by atoms with Crippen molar-refractivity contribution in [2.45, 2.75) is 38.7 Å². The number of nitrogens with zero attached hydrogens (tertiary/aromatic N) is 1. The number of nitrogens with two attached hydrogens (primary N) is 1. The van der Waals surface area contributed by atoms with Crippen LogP contribution in [0.4, 0.5) is 0 Å². The van der Waals surface area contributed by atoms with Crippen LogP contribution in [0.3, 0.4) is 0 Å². The quantitative estimate of drug-likeness (QED) is 0.777. The molecule has 1 heterocycles. The van der Waals surface area contributed by atoms with Crippen LogP contribution in [-0.2, 0) is 17.6 Å². The normalized spacial score (nSPS) is 12.0. The van der Waals surface area contributed by atoms with Gasteiger partial charge in [0, 0.05) is 20.0 Å². The number of oxazole rings is 1. The summed E-state index contributed by atoms with van der Waals surface area (Å²) < 4.78 is 10.9. The summed E-state index contributed by atoms with van der Waals surface area (Å²) in [5.74, 6) is 1.64. The minimum absolute atomic E-state index is 0.204. The zero-order valence-corrected chi connectivity index (χ0v) is 9.75. The van der Waals surface area contributed by atoms with Crippen LogP contribution < -0.4 is 5.73 Å². The number of hydrogen-bond donors (Lipinski definition) is 1. The van der Waals surface area contributed by atoms with Gasteiger partial charge in [-0.25, -0.2) is 4.98 Å². The highest BCUT2D eigenvalue weighted by atomic mass is 16.5. The molecule has 0 aromatic carbocycles. The molecule has 0 unspecified atom stereocenters. The highest BCUT2D eigenvalue weighted by Gasteiger charge is 2.19. The lowest BCUT2D eigenvalue weighted by atomic mass is 10.0. The van der Waals surface area contributed by atoms with Gasteiger partial charge < -0.3 is 14.9 Å². The number of hydrogen-bond acceptors (Lipinski definition) is 4. The highest BCUT2D eigenvalue weighted by Crippen LogP contribution is 2.17. The van der Waals surface area contributed by atoms with E-state index < -0.39 is 0 Å². The average molecular weight is 212 g/mol. The lowest BCUT2D eigenvalue weighted by molar-refractivity contribution is 0.0190. The van der Waals surface area contributed by atoms with Gasteiger partial charge in [0.25, 0.3) is 0 Å². The van der Waals surface area contributed by atoms with E-state index in [1.54, 1.807) is 13.3 Å². The van der Waals surface area contributed by atoms with Crippen molar-refractivity contribution in [3.8, 4) is 0 Å². The first-order valence-corrected chi connectivity index (χ1v) is 5.26. The Morgan fingerprint density at radius 3 is 2.87 bits per heavy atom.